The Morgan fingerprint density at radius 1 is 1.03 bits per heavy atom. The molecule has 5 rings (SSSR count). The maximum Gasteiger partial charge on any atom is 0.317 e. The second kappa shape index (κ2) is 10.7. The molecule has 1 aromatic heterocycles. The lowest BCUT2D eigenvalue weighted by atomic mass is 9.97. The third-order valence-electron chi connectivity index (χ3n) is 7.40. The van der Waals surface area contributed by atoms with Crippen LogP contribution < -0.4 is 5.32 Å². The fourth-order valence-electron chi connectivity index (χ4n) is 5.31. The van der Waals surface area contributed by atoms with Gasteiger partial charge in [-0.15, -0.1) is 11.3 Å². The lowest BCUT2D eigenvalue weighted by Crippen LogP contribution is -2.44. The maximum absolute atomic E-state index is 13.1. The van der Waals surface area contributed by atoms with Gasteiger partial charge in [0.2, 0.25) is 0 Å². The third-order valence-corrected chi connectivity index (χ3v) is 8.40. The maximum atomic E-state index is 13.1. The predicted molar refractivity (Wildman–Crippen MR) is 135 cm³/mol. The zero-order valence-electron chi connectivity index (χ0n) is 19.8. The van der Waals surface area contributed by atoms with Crippen LogP contribution in [0.1, 0.15) is 77.5 Å². The van der Waals surface area contributed by atoms with E-state index in [4.69, 9.17) is 4.98 Å². The van der Waals surface area contributed by atoms with Gasteiger partial charge in [-0.3, -0.25) is 4.79 Å². The molecule has 1 N–H and O–H groups in total. The minimum absolute atomic E-state index is 0.0295. The Morgan fingerprint density at radius 3 is 2.65 bits per heavy atom. The summed E-state index contributed by atoms with van der Waals surface area (Å²) in [6.45, 7) is 3.61. The van der Waals surface area contributed by atoms with Crippen LogP contribution in [0.25, 0.3) is 0 Å². The first-order valence-corrected chi connectivity index (χ1v) is 13.6. The van der Waals surface area contributed by atoms with E-state index in [1.807, 2.05) is 21.2 Å². The molecule has 6 nitrogen and oxygen atoms in total. The monoisotopic (exact) mass is 478 g/mol. The topological polar surface area (TPSA) is 65.5 Å². The second-order valence-corrected chi connectivity index (χ2v) is 10.6. The molecular weight excluding hydrogens is 444 g/mol. The Morgan fingerprint density at radius 2 is 1.85 bits per heavy atom. The van der Waals surface area contributed by atoms with Gasteiger partial charge in [0.05, 0.1) is 5.01 Å². The lowest BCUT2D eigenvalue weighted by Gasteiger charge is -2.31. The van der Waals surface area contributed by atoms with Gasteiger partial charge in [-0.1, -0.05) is 35.9 Å². The van der Waals surface area contributed by atoms with Crippen molar-refractivity contribution in [2.24, 2.45) is 0 Å². The first-order valence-electron chi connectivity index (χ1n) is 12.7. The number of fused-ring (bicyclic) bond motifs is 1. The van der Waals surface area contributed by atoms with Gasteiger partial charge in [-0.05, 0) is 62.5 Å². The SMILES string of the molecule is O=C(NCCC1=CCCCC1)N1CCC(c2nc(C(=O)N3CCc4ccccc4C3)cs2)CC1. The molecule has 1 fully saturated rings. The van der Waals surface area contributed by atoms with E-state index in [2.05, 4.69) is 29.6 Å². The number of thiazole rings is 1. The summed E-state index contributed by atoms with van der Waals surface area (Å²) in [6.07, 6.45) is 11.0. The first-order chi connectivity index (χ1) is 16.7. The van der Waals surface area contributed by atoms with Crippen molar-refractivity contribution in [2.45, 2.75) is 63.8 Å². The summed E-state index contributed by atoms with van der Waals surface area (Å²) < 4.78 is 0. The Kier molecular flexibility index (Phi) is 7.28. The minimum Gasteiger partial charge on any atom is -0.338 e. The van der Waals surface area contributed by atoms with Crippen LogP contribution in [0.5, 0.6) is 0 Å². The molecule has 3 amide bonds. The molecule has 34 heavy (non-hydrogen) atoms. The standard InChI is InChI=1S/C27H34N4O2S/c32-26(31-17-11-21-8-4-5-9-23(21)18-31)24-19-34-25(29-24)22-12-15-30(16-13-22)27(33)28-14-10-20-6-2-1-3-7-20/h4-6,8-9,19,22H,1-3,7,10-18H2,(H,28,33). The number of nitrogens with zero attached hydrogens (tertiary/aromatic N) is 3. The van der Waals surface area contributed by atoms with E-state index in [-0.39, 0.29) is 11.9 Å². The average molecular weight is 479 g/mol. The molecule has 0 spiro atoms. The Balaban J connectivity index is 1.09. The van der Waals surface area contributed by atoms with Crippen LogP contribution in [0, 0.1) is 0 Å². The number of likely N-dealkylation sites (tertiary alicyclic amines) is 1. The number of urea groups is 1. The summed E-state index contributed by atoms with van der Waals surface area (Å²) >= 11 is 1.59. The summed E-state index contributed by atoms with van der Waals surface area (Å²) in [7, 11) is 0. The van der Waals surface area contributed by atoms with Crippen molar-refractivity contribution in [1.29, 1.82) is 0 Å². The smallest absolute Gasteiger partial charge is 0.317 e. The molecule has 7 heteroatoms. The predicted octanol–water partition coefficient (Wildman–Crippen LogP) is 5.12. The van der Waals surface area contributed by atoms with Gasteiger partial charge in [-0.25, -0.2) is 9.78 Å². The van der Waals surface area contributed by atoms with E-state index in [0.717, 1.165) is 56.9 Å². The molecule has 1 saturated heterocycles. The number of amides is 3. The number of nitrogens with one attached hydrogen (secondary N) is 1. The molecule has 0 unspecified atom stereocenters. The molecule has 0 radical (unpaired) electrons. The highest BCUT2D eigenvalue weighted by Crippen LogP contribution is 2.31. The van der Waals surface area contributed by atoms with Gasteiger partial charge in [-0.2, -0.15) is 0 Å². The molecule has 2 aliphatic heterocycles. The first kappa shape index (κ1) is 23.1. The second-order valence-electron chi connectivity index (χ2n) is 9.67. The van der Waals surface area contributed by atoms with Crippen molar-refractivity contribution in [2.75, 3.05) is 26.2 Å². The fraction of sp³-hybridized carbons (Fsp3) is 0.519. The fourth-order valence-corrected chi connectivity index (χ4v) is 6.27. The number of hydrogen-bond acceptors (Lipinski definition) is 4. The van der Waals surface area contributed by atoms with Crippen LogP contribution in [-0.2, 0) is 13.0 Å². The largest absolute Gasteiger partial charge is 0.338 e. The van der Waals surface area contributed by atoms with E-state index in [9.17, 15) is 9.59 Å². The number of rotatable bonds is 5. The van der Waals surface area contributed by atoms with Crippen molar-refractivity contribution in [3.8, 4) is 0 Å². The molecule has 3 heterocycles. The molecular formula is C27H34N4O2S. The van der Waals surface area contributed by atoms with E-state index < -0.39 is 0 Å². The number of carbonyl (C=O) groups excluding carboxylic acids is 2. The molecule has 0 saturated carbocycles. The Labute approximate surface area is 206 Å². The summed E-state index contributed by atoms with van der Waals surface area (Å²) in [5.41, 5.74) is 4.63. The molecule has 180 valence electrons. The number of aromatic nitrogens is 1. The van der Waals surface area contributed by atoms with Crippen LogP contribution >= 0.6 is 11.3 Å². The van der Waals surface area contributed by atoms with E-state index >= 15 is 0 Å². The highest BCUT2D eigenvalue weighted by Gasteiger charge is 2.28. The molecule has 0 bridgehead atoms. The number of carbonyl (C=O) groups is 2. The molecule has 1 aliphatic carbocycles. The van der Waals surface area contributed by atoms with Crippen LogP contribution in [0.4, 0.5) is 4.79 Å². The van der Waals surface area contributed by atoms with E-state index in [1.54, 1.807) is 11.3 Å². The summed E-state index contributed by atoms with van der Waals surface area (Å²) in [4.78, 5) is 34.2. The van der Waals surface area contributed by atoms with Crippen molar-refractivity contribution in [1.82, 2.24) is 20.1 Å². The van der Waals surface area contributed by atoms with Gasteiger partial charge in [0.1, 0.15) is 5.69 Å². The number of benzene rings is 1. The molecule has 2 aromatic rings. The number of hydrogen-bond donors (Lipinski definition) is 1. The van der Waals surface area contributed by atoms with Crippen LogP contribution in [0.2, 0.25) is 0 Å². The highest BCUT2D eigenvalue weighted by atomic mass is 32.1. The van der Waals surface area contributed by atoms with Gasteiger partial charge >= 0.3 is 6.03 Å². The quantitative estimate of drug-likeness (QED) is 0.607. The third kappa shape index (κ3) is 5.35. The Bertz CT molecular complexity index is 1050. The van der Waals surface area contributed by atoms with Crippen LogP contribution in [0.3, 0.4) is 0 Å². The molecule has 3 aliphatic rings. The van der Waals surface area contributed by atoms with E-state index in [0.29, 0.717) is 18.2 Å². The van der Waals surface area contributed by atoms with Crippen molar-refractivity contribution in [3.63, 3.8) is 0 Å². The minimum atomic E-state index is 0.0295. The van der Waals surface area contributed by atoms with Crippen LogP contribution in [-0.4, -0.2) is 52.9 Å². The summed E-state index contributed by atoms with van der Waals surface area (Å²) in [5.74, 6) is 0.354. The number of piperidine rings is 1. The van der Waals surface area contributed by atoms with Gasteiger partial charge in [0.15, 0.2) is 0 Å². The molecule has 1 aromatic carbocycles. The van der Waals surface area contributed by atoms with Crippen molar-refractivity contribution in [3.05, 3.63) is 63.1 Å². The zero-order valence-corrected chi connectivity index (χ0v) is 20.6. The zero-order chi connectivity index (χ0) is 23.3. The Hall–Kier alpha value is -2.67. The van der Waals surface area contributed by atoms with Gasteiger partial charge < -0.3 is 15.1 Å². The lowest BCUT2D eigenvalue weighted by molar-refractivity contribution is 0.0729. The normalized spacial score (nSPS) is 18.9. The number of allylic oxidation sites excluding steroid dienone is 1. The van der Waals surface area contributed by atoms with Crippen LogP contribution in [0.15, 0.2) is 41.3 Å². The molecule has 0 atom stereocenters. The summed E-state index contributed by atoms with van der Waals surface area (Å²) in [6, 6.07) is 8.41. The van der Waals surface area contributed by atoms with Crippen molar-refractivity contribution >= 4 is 23.3 Å². The van der Waals surface area contributed by atoms with Crippen molar-refractivity contribution < 1.29 is 9.59 Å². The average Bonchev–Trinajstić information content (AvgIpc) is 3.39. The van der Waals surface area contributed by atoms with Gasteiger partial charge in [0, 0.05) is 44.0 Å². The summed E-state index contributed by atoms with van der Waals surface area (Å²) in [5, 5.41) is 6.05. The highest BCUT2D eigenvalue weighted by molar-refractivity contribution is 7.09. The van der Waals surface area contributed by atoms with E-state index in [1.165, 1.54) is 42.4 Å². The van der Waals surface area contributed by atoms with Gasteiger partial charge in [0.25, 0.3) is 5.91 Å².